The maximum Gasteiger partial charge on any atom is 0.472 e. The Balaban J connectivity index is 4.15. The number of carbonyl (C=O) groups excluding carboxylic acids is 2. The number of unbranched alkanes of at least 4 members (excludes halogenated alkanes) is 22. The van der Waals surface area contributed by atoms with Crippen LogP contribution in [-0.2, 0) is 32.7 Å². The number of phosphoric ester groups is 1. The zero-order chi connectivity index (χ0) is 39.6. The molecule has 0 radical (unpaired) electrons. The minimum atomic E-state index is -4.38. The molecule has 0 aromatic carbocycles. The van der Waals surface area contributed by atoms with Crippen LogP contribution in [0.3, 0.4) is 0 Å². The number of hydrogen-bond acceptors (Lipinski definition) is 8. The highest BCUT2D eigenvalue weighted by Crippen LogP contribution is 2.43. The van der Waals surface area contributed by atoms with Crippen LogP contribution in [0, 0.1) is 0 Å². The Morgan fingerprint density at radius 2 is 0.981 bits per heavy atom. The Morgan fingerprint density at radius 3 is 1.48 bits per heavy atom. The normalized spacial score (nSPS) is 13.6. The molecule has 0 bridgehead atoms. The van der Waals surface area contributed by atoms with Gasteiger partial charge in [0.15, 0.2) is 6.10 Å². The monoisotopic (exact) mass is 784 g/mol. The zero-order valence-corrected chi connectivity index (χ0v) is 35.6. The van der Waals surface area contributed by atoms with Gasteiger partial charge in [0, 0.05) is 19.4 Å². The van der Waals surface area contributed by atoms with Crippen LogP contribution in [0.2, 0.25) is 0 Å². The first-order chi connectivity index (χ1) is 26.3. The molecular weight excluding hydrogens is 701 g/mol. The number of hydrogen-bond donors (Lipinski definition) is 2. The van der Waals surface area contributed by atoms with Gasteiger partial charge < -0.3 is 20.1 Å². The summed E-state index contributed by atoms with van der Waals surface area (Å²) >= 11 is 0. The molecule has 54 heavy (non-hydrogen) atoms. The van der Waals surface area contributed by atoms with Crippen LogP contribution in [0.25, 0.3) is 0 Å². The van der Waals surface area contributed by atoms with Crippen LogP contribution < -0.4 is 5.73 Å². The third-order valence-corrected chi connectivity index (χ3v) is 10.2. The van der Waals surface area contributed by atoms with Gasteiger partial charge in [-0.3, -0.25) is 18.6 Å². The molecule has 10 heteroatoms. The number of allylic oxidation sites excluding steroid dienone is 6. The summed E-state index contributed by atoms with van der Waals surface area (Å²) in [5.74, 6) is -0.847. The third-order valence-electron chi connectivity index (χ3n) is 9.25. The second kappa shape index (κ2) is 40.9. The number of esters is 2. The lowest BCUT2D eigenvalue weighted by molar-refractivity contribution is -0.161. The van der Waals surface area contributed by atoms with Crippen LogP contribution >= 0.6 is 7.82 Å². The van der Waals surface area contributed by atoms with Crippen molar-refractivity contribution in [3.8, 4) is 0 Å². The van der Waals surface area contributed by atoms with Gasteiger partial charge in [-0.1, -0.05) is 159 Å². The van der Waals surface area contributed by atoms with Crippen LogP contribution in [0.15, 0.2) is 36.5 Å². The van der Waals surface area contributed by atoms with Gasteiger partial charge in [-0.2, -0.15) is 0 Å². The summed E-state index contributed by atoms with van der Waals surface area (Å²) in [6.45, 7) is 3.68. The molecule has 0 fully saturated rings. The second-order valence-corrected chi connectivity index (χ2v) is 16.0. The van der Waals surface area contributed by atoms with Crippen molar-refractivity contribution in [3.05, 3.63) is 36.5 Å². The standard InChI is InChI=1S/C44H82NO8P/c1-3-5-7-9-11-13-15-17-19-20-21-22-23-25-27-29-31-33-35-37-44(47)53-42(41-52-54(48,49)51-39-38-45)40-50-43(46)36-34-32-30-28-26-24-18-16-14-12-10-8-6-4-2/h10,12,16,18,20-21,42H,3-9,11,13-15,17,19,22-41,45H2,1-2H3,(H,48,49)/b12-10-,18-16-,21-20-/t42-/m1/s1. The Morgan fingerprint density at radius 1 is 0.556 bits per heavy atom. The first-order valence-electron chi connectivity index (χ1n) is 22.0. The van der Waals surface area contributed by atoms with Crippen molar-refractivity contribution in [2.75, 3.05) is 26.4 Å². The van der Waals surface area contributed by atoms with Gasteiger partial charge in [-0.05, 0) is 64.2 Å². The van der Waals surface area contributed by atoms with Crippen molar-refractivity contribution >= 4 is 19.8 Å². The molecular formula is C44H82NO8P. The fourth-order valence-corrected chi connectivity index (χ4v) is 6.70. The average Bonchev–Trinajstić information content (AvgIpc) is 3.16. The van der Waals surface area contributed by atoms with E-state index in [1.54, 1.807) is 0 Å². The Kier molecular flexibility index (Phi) is 39.5. The molecule has 316 valence electrons. The lowest BCUT2D eigenvalue weighted by Crippen LogP contribution is -2.29. The van der Waals surface area contributed by atoms with Crippen LogP contribution in [0.5, 0.6) is 0 Å². The van der Waals surface area contributed by atoms with E-state index in [9.17, 15) is 19.0 Å². The van der Waals surface area contributed by atoms with E-state index in [4.69, 9.17) is 24.3 Å². The van der Waals surface area contributed by atoms with Crippen LogP contribution in [-0.4, -0.2) is 49.3 Å². The molecule has 0 saturated heterocycles. The largest absolute Gasteiger partial charge is 0.472 e. The quantitative estimate of drug-likeness (QED) is 0.0269. The van der Waals surface area contributed by atoms with Gasteiger partial charge in [0.05, 0.1) is 13.2 Å². The maximum absolute atomic E-state index is 12.6. The summed E-state index contributed by atoms with van der Waals surface area (Å²) in [6, 6.07) is 0. The molecule has 0 aromatic rings. The molecule has 0 amide bonds. The molecule has 0 spiro atoms. The maximum atomic E-state index is 12.6. The fourth-order valence-electron chi connectivity index (χ4n) is 5.94. The topological polar surface area (TPSA) is 134 Å². The van der Waals surface area contributed by atoms with Crippen LogP contribution in [0.1, 0.15) is 200 Å². The summed E-state index contributed by atoms with van der Waals surface area (Å²) in [5.41, 5.74) is 5.35. The highest BCUT2D eigenvalue weighted by molar-refractivity contribution is 7.47. The Hall–Kier alpha value is -1.77. The summed E-state index contributed by atoms with van der Waals surface area (Å²) in [4.78, 5) is 34.9. The van der Waals surface area contributed by atoms with Crippen molar-refractivity contribution in [1.82, 2.24) is 0 Å². The van der Waals surface area contributed by atoms with Gasteiger partial charge in [0.2, 0.25) is 0 Å². The lowest BCUT2D eigenvalue weighted by Gasteiger charge is -2.19. The van der Waals surface area contributed by atoms with Crippen molar-refractivity contribution < 1.29 is 37.6 Å². The van der Waals surface area contributed by atoms with E-state index >= 15 is 0 Å². The van der Waals surface area contributed by atoms with E-state index in [1.165, 1.54) is 89.9 Å². The molecule has 0 aromatic heterocycles. The number of carbonyl (C=O) groups is 2. The molecule has 9 nitrogen and oxygen atoms in total. The number of ether oxygens (including phenoxy) is 2. The van der Waals surface area contributed by atoms with Gasteiger partial charge >= 0.3 is 19.8 Å². The summed E-state index contributed by atoms with van der Waals surface area (Å²) < 4.78 is 32.8. The minimum Gasteiger partial charge on any atom is -0.462 e. The number of nitrogens with two attached hydrogens (primary N) is 1. The van der Waals surface area contributed by atoms with Gasteiger partial charge in [0.25, 0.3) is 0 Å². The minimum absolute atomic E-state index is 0.0504. The predicted molar refractivity (Wildman–Crippen MR) is 224 cm³/mol. The SMILES string of the molecule is CCCC/C=C\C/C=C\CCCCCCCC(=O)OC[C@H](COP(=O)(O)OCCN)OC(=O)CCCCCCCCC/C=C\CCCCCCCCCC. The molecule has 0 aliphatic carbocycles. The van der Waals surface area contributed by atoms with Crippen molar-refractivity contribution in [2.45, 2.75) is 206 Å². The molecule has 0 heterocycles. The summed E-state index contributed by atoms with van der Waals surface area (Å²) in [7, 11) is -4.38. The van der Waals surface area contributed by atoms with E-state index < -0.39 is 32.5 Å². The zero-order valence-electron chi connectivity index (χ0n) is 34.7. The third kappa shape index (κ3) is 39.9. The second-order valence-electron chi connectivity index (χ2n) is 14.6. The number of rotatable bonds is 41. The van der Waals surface area contributed by atoms with E-state index in [2.05, 4.69) is 50.3 Å². The summed E-state index contributed by atoms with van der Waals surface area (Å²) in [5, 5.41) is 0. The first kappa shape index (κ1) is 52.2. The first-order valence-corrected chi connectivity index (χ1v) is 23.5. The van der Waals surface area contributed by atoms with Gasteiger partial charge in [-0.15, -0.1) is 0 Å². The Labute approximate surface area is 331 Å². The van der Waals surface area contributed by atoms with E-state index in [0.717, 1.165) is 70.6 Å². The fraction of sp³-hybridized carbons (Fsp3) is 0.818. The lowest BCUT2D eigenvalue weighted by atomic mass is 10.1. The molecule has 0 aliphatic heterocycles. The number of phosphoric acid groups is 1. The molecule has 0 aliphatic rings. The Bertz CT molecular complexity index is 986. The van der Waals surface area contributed by atoms with Crippen LogP contribution in [0.4, 0.5) is 0 Å². The van der Waals surface area contributed by atoms with Gasteiger partial charge in [-0.25, -0.2) is 4.57 Å². The highest BCUT2D eigenvalue weighted by Gasteiger charge is 2.26. The molecule has 3 N–H and O–H groups in total. The average molecular weight is 784 g/mol. The van der Waals surface area contributed by atoms with Gasteiger partial charge in [0.1, 0.15) is 6.61 Å². The predicted octanol–water partition coefficient (Wildman–Crippen LogP) is 12.6. The highest BCUT2D eigenvalue weighted by atomic mass is 31.2. The van der Waals surface area contributed by atoms with E-state index in [-0.39, 0.29) is 32.6 Å². The van der Waals surface area contributed by atoms with E-state index in [0.29, 0.717) is 12.8 Å². The van der Waals surface area contributed by atoms with E-state index in [1.807, 2.05) is 0 Å². The van der Waals surface area contributed by atoms with Crippen molar-refractivity contribution in [3.63, 3.8) is 0 Å². The molecule has 1 unspecified atom stereocenters. The van der Waals surface area contributed by atoms with Crippen molar-refractivity contribution in [2.24, 2.45) is 5.73 Å². The molecule has 0 rings (SSSR count). The molecule has 2 atom stereocenters. The van der Waals surface area contributed by atoms with Crippen molar-refractivity contribution in [1.29, 1.82) is 0 Å². The summed E-state index contributed by atoms with van der Waals surface area (Å²) in [6.07, 6.45) is 44.6. The smallest absolute Gasteiger partial charge is 0.462 e. The molecule has 0 saturated carbocycles.